The predicted octanol–water partition coefficient (Wildman–Crippen LogP) is -0.151. The molecule has 0 bridgehead atoms. The first-order chi connectivity index (χ1) is 8.90. The van der Waals surface area contributed by atoms with Crippen LogP contribution in [0, 0.1) is 5.92 Å². The number of aliphatic carboxylic acids is 1. The maximum atomic E-state index is 11.8. The van der Waals surface area contributed by atoms with E-state index >= 15 is 0 Å². The highest BCUT2D eigenvalue weighted by molar-refractivity contribution is 5.83. The van der Waals surface area contributed by atoms with Gasteiger partial charge in [-0.05, 0) is 13.0 Å². The van der Waals surface area contributed by atoms with Gasteiger partial charge in [0.25, 0.3) is 0 Å². The fourth-order valence-electron chi connectivity index (χ4n) is 2.09. The van der Waals surface area contributed by atoms with Gasteiger partial charge in [-0.15, -0.1) is 0 Å². The van der Waals surface area contributed by atoms with Gasteiger partial charge in [0, 0.05) is 39.1 Å². The zero-order valence-corrected chi connectivity index (χ0v) is 12.1. The van der Waals surface area contributed by atoms with E-state index in [0.717, 1.165) is 26.2 Å². The van der Waals surface area contributed by atoms with Crippen LogP contribution in [0.3, 0.4) is 0 Å². The van der Waals surface area contributed by atoms with Crippen molar-refractivity contribution in [3.63, 3.8) is 0 Å². The summed E-state index contributed by atoms with van der Waals surface area (Å²) >= 11 is 0. The summed E-state index contributed by atoms with van der Waals surface area (Å²) in [7, 11) is 2.09. The summed E-state index contributed by atoms with van der Waals surface area (Å²) in [5.41, 5.74) is 0. The molecule has 2 N–H and O–H groups in total. The summed E-state index contributed by atoms with van der Waals surface area (Å²) in [6, 6.07) is -0.792. The Bertz CT molecular complexity index is 312. The lowest BCUT2D eigenvalue weighted by Crippen LogP contribution is -2.47. The topological polar surface area (TPSA) is 72.9 Å². The molecule has 6 nitrogen and oxygen atoms in total. The highest BCUT2D eigenvalue weighted by Crippen LogP contribution is 2.03. The van der Waals surface area contributed by atoms with Crippen LogP contribution in [0.5, 0.6) is 0 Å². The van der Waals surface area contributed by atoms with Crippen molar-refractivity contribution in [1.82, 2.24) is 15.1 Å². The van der Waals surface area contributed by atoms with Crippen LogP contribution in [-0.4, -0.2) is 72.6 Å². The van der Waals surface area contributed by atoms with Crippen LogP contribution in [0.2, 0.25) is 0 Å². The average molecular weight is 271 g/mol. The number of nitrogens with zero attached hydrogens (tertiary/aromatic N) is 2. The molecular formula is C13H25N3O3. The molecule has 0 aromatic carbocycles. The molecule has 1 aliphatic heterocycles. The second kappa shape index (κ2) is 7.45. The number of carbonyl (C=O) groups excluding carboxylic acids is 1. The van der Waals surface area contributed by atoms with E-state index in [4.69, 9.17) is 5.11 Å². The number of nitrogens with one attached hydrogen (secondary N) is 1. The molecular weight excluding hydrogens is 246 g/mol. The number of rotatable bonds is 6. The monoisotopic (exact) mass is 271 g/mol. The number of carbonyl (C=O) groups is 2. The van der Waals surface area contributed by atoms with Gasteiger partial charge in [-0.1, -0.05) is 13.8 Å². The minimum atomic E-state index is -0.969. The third-order valence-corrected chi connectivity index (χ3v) is 3.50. The van der Waals surface area contributed by atoms with Crippen molar-refractivity contribution >= 4 is 11.9 Å². The Balaban J connectivity index is 2.29. The third kappa shape index (κ3) is 5.57. The van der Waals surface area contributed by atoms with Crippen molar-refractivity contribution < 1.29 is 14.7 Å². The lowest BCUT2D eigenvalue weighted by molar-refractivity contribution is -0.143. The van der Waals surface area contributed by atoms with E-state index in [1.54, 1.807) is 13.8 Å². The normalized spacial score (nSPS) is 19.4. The molecule has 1 fully saturated rings. The smallest absolute Gasteiger partial charge is 0.326 e. The van der Waals surface area contributed by atoms with Crippen LogP contribution in [0.1, 0.15) is 20.3 Å². The highest BCUT2D eigenvalue weighted by Gasteiger charge is 2.23. The van der Waals surface area contributed by atoms with E-state index in [1.807, 2.05) is 0 Å². The maximum absolute atomic E-state index is 11.8. The van der Waals surface area contributed by atoms with Gasteiger partial charge >= 0.3 is 5.97 Å². The fourth-order valence-corrected chi connectivity index (χ4v) is 2.09. The average Bonchev–Trinajstić information content (AvgIpc) is 2.34. The van der Waals surface area contributed by atoms with Crippen LogP contribution in [-0.2, 0) is 9.59 Å². The summed E-state index contributed by atoms with van der Waals surface area (Å²) in [4.78, 5) is 27.2. The standard InChI is InChI=1S/C13H25N3O3/c1-10(2)12(13(18)19)14-11(17)4-5-16-8-6-15(3)7-9-16/h10,12H,4-9H2,1-3H3,(H,14,17)(H,18,19)/t12-/m0/s1. The molecule has 0 saturated carbocycles. The Kier molecular flexibility index (Phi) is 6.24. The van der Waals surface area contributed by atoms with E-state index in [1.165, 1.54) is 0 Å². The second-order valence-electron chi connectivity index (χ2n) is 5.52. The van der Waals surface area contributed by atoms with Crippen LogP contribution < -0.4 is 5.32 Å². The van der Waals surface area contributed by atoms with Crippen molar-refractivity contribution in [2.75, 3.05) is 39.8 Å². The van der Waals surface area contributed by atoms with Gasteiger partial charge in [0.1, 0.15) is 6.04 Å². The first-order valence-corrected chi connectivity index (χ1v) is 6.83. The molecule has 0 aromatic heterocycles. The Labute approximate surface area is 114 Å². The Morgan fingerprint density at radius 3 is 2.26 bits per heavy atom. The number of hydrogen-bond donors (Lipinski definition) is 2. The number of amides is 1. The molecule has 1 aliphatic rings. The molecule has 1 saturated heterocycles. The van der Waals surface area contributed by atoms with Crippen molar-refractivity contribution in [2.24, 2.45) is 5.92 Å². The quantitative estimate of drug-likeness (QED) is 0.703. The summed E-state index contributed by atoms with van der Waals surface area (Å²) in [5.74, 6) is -1.26. The highest BCUT2D eigenvalue weighted by atomic mass is 16.4. The van der Waals surface area contributed by atoms with Crippen LogP contribution in [0.4, 0.5) is 0 Å². The molecule has 0 aromatic rings. The first-order valence-electron chi connectivity index (χ1n) is 6.83. The van der Waals surface area contributed by atoms with Gasteiger partial charge in [0.2, 0.25) is 5.91 Å². The molecule has 6 heteroatoms. The summed E-state index contributed by atoms with van der Waals surface area (Å²) in [6.07, 6.45) is 0.361. The Morgan fingerprint density at radius 1 is 1.21 bits per heavy atom. The Morgan fingerprint density at radius 2 is 1.79 bits per heavy atom. The molecule has 1 heterocycles. The van der Waals surface area contributed by atoms with E-state index in [-0.39, 0.29) is 11.8 Å². The summed E-state index contributed by atoms with van der Waals surface area (Å²) in [5, 5.41) is 11.6. The van der Waals surface area contributed by atoms with Gasteiger partial charge < -0.3 is 20.2 Å². The van der Waals surface area contributed by atoms with Crippen LogP contribution in [0.15, 0.2) is 0 Å². The van der Waals surface area contributed by atoms with E-state index in [0.29, 0.717) is 13.0 Å². The molecule has 110 valence electrons. The lowest BCUT2D eigenvalue weighted by Gasteiger charge is -2.32. The number of carboxylic acids is 1. The summed E-state index contributed by atoms with van der Waals surface area (Å²) in [6.45, 7) is 8.26. The minimum absolute atomic E-state index is 0.106. The molecule has 1 amide bonds. The molecule has 0 spiro atoms. The van der Waals surface area contributed by atoms with Crippen molar-refractivity contribution in [1.29, 1.82) is 0 Å². The zero-order valence-electron chi connectivity index (χ0n) is 12.1. The molecule has 0 aliphatic carbocycles. The predicted molar refractivity (Wildman–Crippen MR) is 73.0 cm³/mol. The second-order valence-corrected chi connectivity index (χ2v) is 5.52. The molecule has 1 atom stereocenters. The van der Waals surface area contributed by atoms with Crippen LogP contribution in [0.25, 0.3) is 0 Å². The van der Waals surface area contributed by atoms with Crippen molar-refractivity contribution in [3.8, 4) is 0 Å². The number of piperazine rings is 1. The van der Waals surface area contributed by atoms with E-state index < -0.39 is 12.0 Å². The van der Waals surface area contributed by atoms with Crippen molar-refractivity contribution in [2.45, 2.75) is 26.3 Å². The van der Waals surface area contributed by atoms with Gasteiger partial charge in [-0.25, -0.2) is 4.79 Å². The molecule has 0 unspecified atom stereocenters. The van der Waals surface area contributed by atoms with E-state index in [9.17, 15) is 9.59 Å². The van der Waals surface area contributed by atoms with Crippen LogP contribution >= 0.6 is 0 Å². The Hall–Kier alpha value is -1.14. The number of carboxylic acid groups (broad SMARTS) is 1. The minimum Gasteiger partial charge on any atom is -0.480 e. The first kappa shape index (κ1) is 15.9. The fraction of sp³-hybridized carbons (Fsp3) is 0.846. The van der Waals surface area contributed by atoms with Gasteiger partial charge in [-0.3, -0.25) is 4.79 Å². The number of hydrogen-bond acceptors (Lipinski definition) is 4. The molecule has 1 rings (SSSR count). The third-order valence-electron chi connectivity index (χ3n) is 3.50. The summed E-state index contributed by atoms with van der Waals surface area (Å²) < 4.78 is 0. The zero-order chi connectivity index (χ0) is 14.4. The van der Waals surface area contributed by atoms with Crippen molar-refractivity contribution in [3.05, 3.63) is 0 Å². The van der Waals surface area contributed by atoms with Gasteiger partial charge in [0.15, 0.2) is 0 Å². The van der Waals surface area contributed by atoms with Gasteiger partial charge in [-0.2, -0.15) is 0 Å². The molecule has 19 heavy (non-hydrogen) atoms. The SMILES string of the molecule is CC(C)[C@H](NC(=O)CCN1CCN(C)CC1)C(=O)O. The molecule has 0 radical (unpaired) electrons. The number of likely N-dealkylation sites (N-methyl/N-ethyl adjacent to an activating group) is 1. The largest absolute Gasteiger partial charge is 0.480 e. The maximum Gasteiger partial charge on any atom is 0.326 e. The van der Waals surface area contributed by atoms with Gasteiger partial charge in [0.05, 0.1) is 0 Å². The van der Waals surface area contributed by atoms with E-state index in [2.05, 4.69) is 22.2 Å². The lowest BCUT2D eigenvalue weighted by atomic mass is 10.0.